The van der Waals surface area contributed by atoms with Crippen LogP contribution < -0.4 is 31.1 Å². The first-order chi connectivity index (χ1) is 32.5. The number of likely N-dealkylation sites (N-methyl/N-ethyl adjacent to an activating group) is 1. The second kappa shape index (κ2) is 19.2. The first-order valence-electron chi connectivity index (χ1n) is 23.9. The molecule has 2 saturated carbocycles. The molecule has 0 bridgehead atoms. The van der Waals surface area contributed by atoms with Crippen molar-refractivity contribution in [3.8, 4) is 5.75 Å². The van der Waals surface area contributed by atoms with Crippen LogP contribution in [0, 0.1) is 5.82 Å². The molecule has 16 nitrogen and oxygen atoms in total. The second-order valence-corrected chi connectivity index (χ2v) is 19.4. The van der Waals surface area contributed by atoms with E-state index in [1.54, 1.807) is 24.4 Å². The maximum atomic E-state index is 16.0. The minimum atomic E-state index is -0.768. The third kappa shape index (κ3) is 9.21. The Balaban J connectivity index is 0.705. The van der Waals surface area contributed by atoms with E-state index < -0.39 is 11.9 Å². The highest BCUT2D eigenvalue weighted by Crippen LogP contribution is 2.40. The lowest BCUT2D eigenvalue weighted by molar-refractivity contribution is -0.137. The maximum Gasteiger partial charge on any atom is 0.293 e. The normalized spacial score (nSPS) is 23.3. The summed E-state index contributed by atoms with van der Waals surface area (Å²) in [6.45, 7) is 3.01. The quantitative estimate of drug-likeness (QED) is 0.139. The molecule has 3 N–H and O–H groups in total. The number of anilines is 3. The number of carbonyl (C=O) groups excluding carboxylic acids is 4. The topological polar surface area (TPSA) is 180 Å². The fourth-order valence-electron chi connectivity index (χ4n) is 11.1. The summed E-state index contributed by atoms with van der Waals surface area (Å²) in [4.78, 5) is 78.5. The van der Waals surface area contributed by atoms with Crippen molar-refractivity contribution in [2.75, 3.05) is 50.1 Å². The summed E-state index contributed by atoms with van der Waals surface area (Å²) in [7, 11) is 1.53. The van der Waals surface area contributed by atoms with E-state index in [-0.39, 0.29) is 85.0 Å². The Morgan fingerprint density at radius 3 is 2.43 bits per heavy atom. The number of nitrogens with zero attached hydrogens (tertiary/aromatic N) is 6. The van der Waals surface area contributed by atoms with Gasteiger partial charge in [0.1, 0.15) is 16.9 Å². The number of halogens is 2. The van der Waals surface area contributed by atoms with Crippen LogP contribution in [0.1, 0.15) is 117 Å². The number of imide groups is 1. The van der Waals surface area contributed by atoms with Crippen molar-refractivity contribution >= 4 is 63.6 Å². The lowest BCUT2D eigenvalue weighted by atomic mass is 9.83. The van der Waals surface area contributed by atoms with Gasteiger partial charge in [0.2, 0.25) is 17.8 Å². The van der Waals surface area contributed by atoms with Crippen molar-refractivity contribution < 1.29 is 33.0 Å². The molecular weight excluding hydrogens is 881 g/mol. The van der Waals surface area contributed by atoms with Gasteiger partial charge in [0.25, 0.3) is 17.4 Å². The molecule has 4 amide bonds. The molecule has 354 valence electrons. The number of amides is 4. The molecule has 0 radical (unpaired) electrons. The number of nitrogens with one attached hydrogen (secondary N) is 3. The molecule has 6 heterocycles. The van der Waals surface area contributed by atoms with Crippen LogP contribution in [0.5, 0.6) is 5.75 Å². The zero-order valence-corrected chi connectivity index (χ0v) is 38.5. The zero-order valence-electron chi connectivity index (χ0n) is 37.7. The number of ether oxygens (including phenoxy) is 2. The van der Waals surface area contributed by atoms with E-state index >= 15 is 4.39 Å². The van der Waals surface area contributed by atoms with Gasteiger partial charge < -0.3 is 39.4 Å². The van der Waals surface area contributed by atoms with Gasteiger partial charge in [-0.15, -0.1) is 0 Å². The number of fused-ring (bicyclic) bond motifs is 2. The van der Waals surface area contributed by atoms with E-state index in [0.29, 0.717) is 39.5 Å². The minimum absolute atomic E-state index is 0.0393. The van der Waals surface area contributed by atoms with Gasteiger partial charge in [0.05, 0.1) is 30.5 Å². The Labute approximate surface area is 392 Å². The molecule has 4 aromatic rings. The lowest BCUT2D eigenvalue weighted by Crippen LogP contribution is -2.52. The molecule has 1 atom stereocenters. The van der Waals surface area contributed by atoms with Crippen LogP contribution >= 0.6 is 11.6 Å². The van der Waals surface area contributed by atoms with Crippen molar-refractivity contribution in [2.45, 2.75) is 126 Å². The molecule has 3 saturated heterocycles. The largest absolute Gasteiger partial charge is 0.478 e. The van der Waals surface area contributed by atoms with Gasteiger partial charge in [-0.3, -0.25) is 29.3 Å². The van der Waals surface area contributed by atoms with Gasteiger partial charge in [-0.25, -0.2) is 9.37 Å². The Bertz CT molecular complexity index is 2640. The Kier molecular flexibility index (Phi) is 12.9. The summed E-state index contributed by atoms with van der Waals surface area (Å²) >= 11 is 6.65. The third-order valence-electron chi connectivity index (χ3n) is 14.9. The number of hydrogen-bond acceptors (Lipinski definition) is 12. The Hall–Kier alpha value is -5.65. The van der Waals surface area contributed by atoms with Crippen LogP contribution in [0.2, 0.25) is 5.02 Å². The molecule has 2 aliphatic carbocycles. The van der Waals surface area contributed by atoms with E-state index in [4.69, 9.17) is 26.1 Å². The monoisotopic (exact) mass is 937 g/mol. The molecule has 0 spiro atoms. The first kappa shape index (κ1) is 45.1. The van der Waals surface area contributed by atoms with Crippen molar-refractivity contribution in [3.63, 3.8) is 0 Å². The fourth-order valence-corrected chi connectivity index (χ4v) is 11.2. The van der Waals surface area contributed by atoms with Gasteiger partial charge in [0.15, 0.2) is 18.2 Å². The minimum Gasteiger partial charge on any atom is -0.478 e. The number of piperidine rings is 3. The highest BCUT2D eigenvalue weighted by atomic mass is 35.5. The second-order valence-electron chi connectivity index (χ2n) is 19.0. The first-order valence-corrected chi connectivity index (χ1v) is 24.3. The number of hydrogen-bond donors (Lipinski definition) is 3. The van der Waals surface area contributed by atoms with Crippen LogP contribution in [-0.2, 0) is 25.7 Å². The summed E-state index contributed by atoms with van der Waals surface area (Å²) < 4.78 is 30.2. The zero-order chi connectivity index (χ0) is 46.3. The van der Waals surface area contributed by atoms with Gasteiger partial charge >= 0.3 is 0 Å². The summed E-state index contributed by atoms with van der Waals surface area (Å²) in [5.41, 5.74) is 2.61. The molecule has 2 aromatic heterocycles. The Morgan fingerprint density at radius 2 is 1.69 bits per heavy atom. The summed E-state index contributed by atoms with van der Waals surface area (Å²) in [6, 6.07) is 10.7. The molecule has 4 aliphatic heterocycles. The van der Waals surface area contributed by atoms with Crippen molar-refractivity contribution in [3.05, 3.63) is 80.5 Å². The van der Waals surface area contributed by atoms with E-state index in [9.17, 15) is 24.0 Å². The number of aromatic nitrogens is 3. The maximum absolute atomic E-state index is 16.0. The highest BCUT2D eigenvalue weighted by Gasteiger charge is 2.42. The summed E-state index contributed by atoms with van der Waals surface area (Å²) in [5.74, 6) is -0.621. The van der Waals surface area contributed by atoms with Crippen LogP contribution in [0.3, 0.4) is 0 Å². The summed E-state index contributed by atoms with van der Waals surface area (Å²) in [6.07, 6.45) is 12.8. The molecule has 10 rings (SSSR count). The van der Waals surface area contributed by atoms with Gasteiger partial charge in [-0.05, 0) is 113 Å². The smallest absolute Gasteiger partial charge is 0.293 e. The van der Waals surface area contributed by atoms with E-state index in [1.165, 1.54) is 11.9 Å². The number of rotatable bonds is 12. The van der Waals surface area contributed by atoms with Gasteiger partial charge in [-0.1, -0.05) is 36.9 Å². The predicted molar refractivity (Wildman–Crippen MR) is 249 cm³/mol. The molecule has 18 heteroatoms. The molecule has 1 unspecified atom stereocenters. The Morgan fingerprint density at radius 1 is 0.910 bits per heavy atom. The van der Waals surface area contributed by atoms with E-state index in [1.807, 2.05) is 22.8 Å². The molecule has 5 fully saturated rings. The van der Waals surface area contributed by atoms with Gasteiger partial charge in [-0.2, -0.15) is 4.98 Å². The average Bonchev–Trinajstić information content (AvgIpc) is 3.66. The lowest BCUT2D eigenvalue weighted by Gasteiger charge is -2.47. The fraction of sp³-hybridized carbons (Fsp3) is 0.531. The number of likely N-dealkylation sites (tertiary alicyclic amines) is 1. The average molecular weight is 939 g/mol. The van der Waals surface area contributed by atoms with Crippen molar-refractivity contribution in [1.29, 1.82) is 0 Å². The molecular formula is C49H57ClFN9O7. The number of carbonyl (C=O) groups is 4. The molecule has 2 aromatic carbocycles. The highest BCUT2D eigenvalue weighted by molar-refractivity contribution is 6.33. The SMILES string of the molecule is CNC(=O)COc1cc2cc(Nc3nc(N4CCC(O[C@H]5C[C@H](N6CCC(c7ccc8c(c7F)CN(C7CCC(=O)NC7=O)C8=O)CC6)C5)CC4)ncc3Cl)ccc2n(C2CCCCC2)c1=O. The van der Waals surface area contributed by atoms with Gasteiger partial charge in [0, 0.05) is 60.8 Å². The number of pyridine rings is 1. The summed E-state index contributed by atoms with van der Waals surface area (Å²) in [5, 5.41) is 9.39. The molecule has 6 aliphatic rings. The van der Waals surface area contributed by atoms with Crippen LogP contribution in [-0.4, -0.2) is 112 Å². The predicted octanol–water partition coefficient (Wildman–Crippen LogP) is 6.11. The van der Waals surface area contributed by atoms with E-state index in [0.717, 1.165) is 113 Å². The van der Waals surface area contributed by atoms with Crippen molar-refractivity contribution in [2.24, 2.45) is 0 Å². The third-order valence-corrected chi connectivity index (χ3v) is 15.2. The standard InChI is InChI=1S/C49H57ClFN9O7/c1-52-43(62)27-66-41-22-29-21-30(7-10-39(29)60(48(41)65)31-5-3-2-4-6-31)54-45-38(50)25-53-49(56-45)58-19-15-33(16-20-58)67-34-23-32(24-34)57-17-13-28(14-18-57)35-8-9-36-37(44(35)51)26-59(47(36)64)40-11-12-42(61)55-46(40)63/h7-10,21-22,25,28,31-34,40H,2-6,11-20,23-24,26-27H2,1H3,(H,52,62)(H,53,54,56)(H,55,61,63)/t32-,34-,40?. The van der Waals surface area contributed by atoms with Crippen LogP contribution in [0.25, 0.3) is 10.9 Å². The molecule has 67 heavy (non-hydrogen) atoms. The number of benzene rings is 2. The van der Waals surface area contributed by atoms with Crippen LogP contribution in [0.4, 0.5) is 21.8 Å². The van der Waals surface area contributed by atoms with Crippen molar-refractivity contribution in [1.82, 2.24) is 35.0 Å². The van der Waals surface area contributed by atoms with Crippen LogP contribution in [0.15, 0.2) is 47.4 Å². The van der Waals surface area contributed by atoms with E-state index in [2.05, 4.69) is 30.7 Å².